The Morgan fingerprint density at radius 1 is 1.10 bits per heavy atom. The van der Waals surface area contributed by atoms with Crippen molar-refractivity contribution in [2.75, 3.05) is 24.6 Å². The van der Waals surface area contributed by atoms with Gasteiger partial charge in [-0.2, -0.15) is 0 Å². The number of carboxylic acids is 1. The molecule has 2 unspecified atom stereocenters. The van der Waals surface area contributed by atoms with Crippen molar-refractivity contribution in [2.45, 2.75) is 45.8 Å². The van der Waals surface area contributed by atoms with Crippen LogP contribution in [0.5, 0.6) is 0 Å². The van der Waals surface area contributed by atoms with E-state index in [0.717, 1.165) is 23.4 Å². The summed E-state index contributed by atoms with van der Waals surface area (Å²) in [6.45, 7) is 7.29. The molecule has 10 heteroatoms. The van der Waals surface area contributed by atoms with E-state index in [1.54, 1.807) is 11.1 Å². The molecule has 0 aliphatic carbocycles. The monoisotopic (exact) mass is 572 g/mol. The first-order valence-corrected chi connectivity index (χ1v) is 14.3. The summed E-state index contributed by atoms with van der Waals surface area (Å²) in [6, 6.07) is 13.4. The van der Waals surface area contributed by atoms with E-state index in [0.29, 0.717) is 31.6 Å². The fourth-order valence-electron chi connectivity index (χ4n) is 4.70. The van der Waals surface area contributed by atoms with Gasteiger partial charge in [0.15, 0.2) is 0 Å². The third-order valence-electron chi connectivity index (χ3n) is 6.54. The zero-order valence-corrected chi connectivity index (χ0v) is 24.0. The summed E-state index contributed by atoms with van der Waals surface area (Å²) in [5, 5.41) is 9.10. The van der Waals surface area contributed by atoms with Crippen LogP contribution in [0.4, 0.5) is 8.78 Å². The molecule has 0 saturated heterocycles. The Bertz CT molecular complexity index is 1290. The van der Waals surface area contributed by atoms with E-state index in [1.807, 2.05) is 61.7 Å². The van der Waals surface area contributed by atoms with Gasteiger partial charge in [0.25, 0.3) is 0 Å². The first-order valence-electron chi connectivity index (χ1n) is 13.2. The number of carbonyl (C=O) groups excluding carboxylic acids is 1. The van der Waals surface area contributed by atoms with Crippen LogP contribution in [0.25, 0.3) is 11.1 Å². The number of benzene rings is 2. The molecule has 0 aliphatic heterocycles. The number of nitrogens with zero attached hydrogens (tertiary/aromatic N) is 2. The van der Waals surface area contributed by atoms with Crippen molar-refractivity contribution in [3.05, 3.63) is 83.7 Å². The van der Waals surface area contributed by atoms with Gasteiger partial charge in [-0.05, 0) is 48.2 Å². The van der Waals surface area contributed by atoms with Crippen molar-refractivity contribution >= 4 is 23.6 Å². The predicted octanol–water partition coefficient (Wildman–Crippen LogP) is 4.89. The zero-order valence-electron chi connectivity index (χ0n) is 23.1. The maximum atomic E-state index is 14.9. The van der Waals surface area contributed by atoms with Gasteiger partial charge in [-0.25, -0.2) is 8.78 Å². The Balaban J connectivity index is 2.10. The molecule has 3 aromatic rings. The fraction of sp³-hybridized carbons (Fsp3) is 0.400. The van der Waals surface area contributed by atoms with Crippen LogP contribution in [0, 0.1) is 17.0 Å². The molecule has 0 bridgehead atoms. The number of rotatable bonds is 13. The highest BCUT2D eigenvalue weighted by Gasteiger charge is 2.37. The molecule has 216 valence electrons. The van der Waals surface area contributed by atoms with Crippen molar-refractivity contribution in [1.29, 1.82) is 0 Å². The average molecular weight is 573 g/mol. The van der Waals surface area contributed by atoms with Crippen molar-refractivity contribution in [3.63, 3.8) is 0 Å². The Labute approximate surface area is 238 Å². The van der Waals surface area contributed by atoms with Gasteiger partial charge in [-0.1, -0.05) is 51.1 Å². The lowest BCUT2D eigenvalue weighted by atomic mass is 9.83. The van der Waals surface area contributed by atoms with Crippen LogP contribution in [-0.4, -0.2) is 57.1 Å². The molecule has 2 aromatic carbocycles. The second kappa shape index (κ2) is 13.9. The molecule has 7 nitrogen and oxygen atoms in total. The van der Waals surface area contributed by atoms with E-state index in [4.69, 9.17) is 16.6 Å². The summed E-state index contributed by atoms with van der Waals surface area (Å²) >= 11 is 1.17. The number of carbonyl (C=O) groups is 2. The van der Waals surface area contributed by atoms with Crippen LogP contribution < -0.4 is 11.5 Å². The second-order valence-electron chi connectivity index (χ2n) is 10.8. The normalized spacial score (nSPS) is 13.2. The number of thioether (sulfide) groups is 1. The number of nitrogens with two attached hydrogens (primary N) is 2. The maximum absolute atomic E-state index is 14.9. The van der Waals surface area contributed by atoms with Crippen LogP contribution >= 0.6 is 11.8 Å². The number of amides is 1. The lowest BCUT2D eigenvalue weighted by Crippen LogP contribution is -2.44. The molecule has 1 aromatic heterocycles. The molecule has 2 atom stereocenters. The minimum atomic E-state index is -1.12. The molecule has 3 rings (SSSR count). The van der Waals surface area contributed by atoms with E-state index in [9.17, 15) is 18.4 Å². The highest BCUT2D eigenvalue weighted by molar-refractivity contribution is 8.00. The Morgan fingerprint density at radius 3 is 2.42 bits per heavy atom. The SMILES string of the molecule is CC(C)(C)C(c1cc(-c2cc(F)ccc2F)cn1Cc1ccccc1)N(CCCN)C(=O)CSCC(N)C(=O)O. The Kier molecular flexibility index (Phi) is 10.9. The summed E-state index contributed by atoms with van der Waals surface area (Å²) in [5.74, 6) is -2.25. The van der Waals surface area contributed by atoms with Crippen LogP contribution in [0.1, 0.15) is 44.5 Å². The van der Waals surface area contributed by atoms with Gasteiger partial charge in [-0.15, -0.1) is 11.8 Å². The van der Waals surface area contributed by atoms with Gasteiger partial charge < -0.3 is 26.0 Å². The summed E-state index contributed by atoms with van der Waals surface area (Å²) in [4.78, 5) is 26.6. The van der Waals surface area contributed by atoms with E-state index in [1.165, 1.54) is 17.8 Å². The van der Waals surface area contributed by atoms with E-state index in [2.05, 4.69) is 0 Å². The number of hydrogen-bond donors (Lipinski definition) is 3. The molecular formula is C30H38F2N4O3S. The number of halogens is 2. The smallest absolute Gasteiger partial charge is 0.321 e. The van der Waals surface area contributed by atoms with Gasteiger partial charge >= 0.3 is 5.97 Å². The molecule has 0 aliphatic rings. The van der Waals surface area contributed by atoms with E-state index in [-0.39, 0.29) is 23.0 Å². The van der Waals surface area contributed by atoms with E-state index >= 15 is 0 Å². The Morgan fingerprint density at radius 2 is 1.80 bits per heavy atom. The van der Waals surface area contributed by atoms with Gasteiger partial charge in [-0.3, -0.25) is 9.59 Å². The van der Waals surface area contributed by atoms with Crippen LogP contribution in [0.3, 0.4) is 0 Å². The molecule has 1 heterocycles. The number of hydrogen-bond acceptors (Lipinski definition) is 5. The lowest BCUT2D eigenvalue weighted by Gasteiger charge is -2.41. The van der Waals surface area contributed by atoms with Gasteiger partial charge in [0.1, 0.15) is 17.7 Å². The maximum Gasteiger partial charge on any atom is 0.321 e. The first-order chi connectivity index (χ1) is 18.9. The molecule has 0 spiro atoms. The molecule has 5 N–H and O–H groups in total. The quantitative estimate of drug-likeness (QED) is 0.269. The van der Waals surface area contributed by atoms with Crippen molar-refractivity contribution in [1.82, 2.24) is 9.47 Å². The minimum absolute atomic E-state index is 0.0446. The summed E-state index contributed by atoms with van der Waals surface area (Å²) in [5.41, 5.74) is 13.4. The predicted molar refractivity (Wildman–Crippen MR) is 156 cm³/mol. The second-order valence-corrected chi connectivity index (χ2v) is 11.9. The standard InChI is InChI=1S/C30H38F2N4O3S/c1-30(2,3)28(36(13-7-12-33)27(37)19-40-18-25(34)29(38)39)26-14-21(23-15-22(31)10-11-24(23)32)17-35(26)16-20-8-5-4-6-9-20/h4-6,8-11,14-15,17,25,28H,7,12-13,16,18-19,33-34H2,1-3H3,(H,38,39). The van der Waals surface area contributed by atoms with Crippen molar-refractivity contribution in [2.24, 2.45) is 16.9 Å². The zero-order chi connectivity index (χ0) is 29.4. The van der Waals surface area contributed by atoms with E-state index < -0.39 is 35.1 Å². The summed E-state index contributed by atoms with van der Waals surface area (Å²) < 4.78 is 31.0. The van der Waals surface area contributed by atoms with Crippen LogP contribution in [0.2, 0.25) is 0 Å². The first kappa shape index (κ1) is 31.3. The average Bonchev–Trinajstić information content (AvgIpc) is 3.29. The number of carboxylic acid groups (broad SMARTS) is 1. The molecular weight excluding hydrogens is 534 g/mol. The minimum Gasteiger partial charge on any atom is -0.480 e. The summed E-state index contributed by atoms with van der Waals surface area (Å²) in [7, 11) is 0. The highest BCUT2D eigenvalue weighted by Crippen LogP contribution is 2.41. The molecule has 0 fully saturated rings. The third-order valence-corrected chi connectivity index (χ3v) is 7.59. The largest absolute Gasteiger partial charge is 0.480 e. The molecule has 40 heavy (non-hydrogen) atoms. The Hall–Kier alpha value is -3.21. The van der Waals surface area contributed by atoms with Gasteiger partial charge in [0, 0.05) is 41.9 Å². The summed E-state index contributed by atoms with van der Waals surface area (Å²) in [6.07, 6.45) is 2.35. The molecule has 0 saturated carbocycles. The molecule has 1 amide bonds. The van der Waals surface area contributed by atoms with Crippen LogP contribution in [-0.2, 0) is 16.1 Å². The number of aliphatic carboxylic acids is 1. The van der Waals surface area contributed by atoms with Crippen molar-refractivity contribution < 1.29 is 23.5 Å². The van der Waals surface area contributed by atoms with Crippen LogP contribution in [0.15, 0.2) is 60.8 Å². The fourth-order valence-corrected chi connectivity index (χ4v) is 5.55. The van der Waals surface area contributed by atoms with Crippen molar-refractivity contribution in [3.8, 4) is 11.1 Å². The highest BCUT2D eigenvalue weighted by atomic mass is 32.2. The third kappa shape index (κ3) is 8.16. The lowest BCUT2D eigenvalue weighted by molar-refractivity contribution is -0.138. The van der Waals surface area contributed by atoms with Gasteiger partial charge in [0.2, 0.25) is 5.91 Å². The topological polar surface area (TPSA) is 115 Å². The molecule has 0 radical (unpaired) electrons. The number of aromatic nitrogens is 1. The van der Waals surface area contributed by atoms with Gasteiger partial charge in [0.05, 0.1) is 11.8 Å².